The van der Waals surface area contributed by atoms with Crippen molar-refractivity contribution in [2.45, 2.75) is 6.42 Å². The molecule has 4 rings (SSSR count). The summed E-state index contributed by atoms with van der Waals surface area (Å²) in [6, 6.07) is 18.0. The standard InChI is InChI=1S/C26H36N6O2/c1-29-13-17-31(18-14-29)24-10-6-5-9-23(24)28-26(34)27-21-25(33)32-19-15-30(16-20-32)12-11-22-7-3-2-4-8-22/h2-10H,11-21H2,1H3,(H2,27,28,34). The Bertz CT molecular complexity index is 937. The third-order valence-electron chi connectivity index (χ3n) is 6.68. The van der Waals surface area contributed by atoms with E-state index in [2.05, 4.69) is 56.6 Å². The molecular weight excluding hydrogens is 428 g/mol. The number of urea groups is 1. The van der Waals surface area contributed by atoms with Gasteiger partial charge in [-0.2, -0.15) is 0 Å². The normalized spacial score (nSPS) is 17.4. The van der Waals surface area contributed by atoms with E-state index < -0.39 is 0 Å². The van der Waals surface area contributed by atoms with Crippen molar-refractivity contribution in [1.82, 2.24) is 20.0 Å². The van der Waals surface area contributed by atoms with Crippen LogP contribution in [0.1, 0.15) is 5.56 Å². The minimum atomic E-state index is -0.351. The molecule has 2 heterocycles. The van der Waals surface area contributed by atoms with Gasteiger partial charge < -0.3 is 25.3 Å². The van der Waals surface area contributed by atoms with Gasteiger partial charge in [-0.05, 0) is 31.2 Å². The second-order valence-electron chi connectivity index (χ2n) is 9.07. The van der Waals surface area contributed by atoms with Crippen LogP contribution >= 0.6 is 0 Å². The summed E-state index contributed by atoms with van der Waals surface area (Å²) in [6.07, 6.45) is 1.02. The van der Waals surface area contributed by atoms with Crippen LogP contribution < -0.4 is 15.5 Å². The Morgan fingerprint density at radius 2 is 1.50 bits per heavy atom. The Kier molecular flexibility index (Phi) is 8.38. The van der Waals surface area contributed by atoms with Crippen molar-refractivity contribution in [3.8, 4) is 0 Å². The number of para-hydroxylation sites is 2. The highest BCUT2D eigenvalue weighted by Gasteiger charge is 2.22. The lowest BCUT2D eigenvalue weighted by atomic mass is 10.1. The average Bonchev–Trinajstić information content (AvgIpc) is 2.88. The summed E-state index contributed by atoms with van der Waals surface area (Å²) in [6.45, 7) is 7.97. The first-order valence-electron chi connectivity index (χ1n) is 12.2. The molecule has 3 amide bonds. The van der Waals surface area contributed by atoms with Crippen LogP contribution in [-0.2, 0) is 11.2 Å². The molecule has 182 valence electrons. The monoisotopic (exact) mass is 464 g/mol. The van der Waals surface area contributed by atoms with Crippen LogP contribution in [0.2, 0.25) is 0 Å². The number of hydrogen-bond acceptors (Lipinski definition) is 5. The molecule has 2 aromatic rings. The van der Waals surface area contributed by atoms with E-state index in [1.54, 1.807) is 0 Å². The quantitative estimate of drug-likeness (QED) is 0.656. The van der Waals surface area contributed by atoms with Crippen molar-refractivity contribution in [1.29, 1.82) is 0 Å². The van der Waals surface area contributed by atoms with E-state index >= 15 is 0 Å². The summed E-state index contributed by atoms with van der Waals surface area (Å²) in [5, 5.41) is 5.67. The topological polar surface area (TPSA) is 71.2 Å². The fraction of sp³-hybridized carbons (Fsp3) is 0.462. The molecule has 2 aliphatic rings. The minimum Gasteiger partial charge on any atom is -0.367 e. The predicted molar refractivity (Wildman–Crippen MR) is 136 cm³/mol. The molecule has 0 aliphatic carbocycles. The Hall–Kier alpha value is -3.10. The predicted octanol–water partition coefficient (Wildman–Crippen LogP) is 1.95. The highest BCUT2D eigenvalue weighted by molar-refractivity contribution is 5.95. The number of amides is 3. The molecule has 0 radical (unpaired) electrons. The maximum Gasteiger partial charge on any atom is 0.319 e. The lowest BCUT2D eigenvalue weighted by Crippen LogP contribution is -2.51. The SMILES string of the molecule is CN1CCN(c2ccccc2NC(=O)NCC(=O)N2CCN(CCc3ccccc3)CC2)CC1. The number of nitrogens with zero attached hydrogens (tertiary/aromatic N) is 4. The van der Waals surface area contributed by atoms with Crippen molar-refractivity contribution in [2.24, 2.45) is 0 Å². The molecule has 2 aliphatic heterocycles. The van der Waals surface area contributed by atoms with E-state index in [0.29, 0.717) is 13.1 Å². The van der Waals surface area contributed by atoms with E-state index in [1.165, 1.54) is 5.56 Å². The number of carbonyl (C=O) groups excluding carboxylic acids is 2. The first-order chi connectivity index (χ1) is 16.6. The summed E-state index contributed by atoms with van der Waals surface area (Å²) in [5.74, 6) is -0.0368. The van der Waals surface area contributed by atoms with E-state index in [-0.39, 0.29) is 18.5 Å². The number of nitrogens with one attached hydrogen (secondary N) is 2. The number of carbonyl (C=O) groups is 2. The molecule has 0 saturated carbocycles. The molecule has 0 aromatic heterocycles. The zero-order valence-corrected chi connectivity index (χ0v) is 20.1. The second-order valence-corrected chi connectivity index (χ2v) is 9.07. The van der Waals surface area contributed by atoms with Crippen molar-refractivity contribution in [3.63, 3.8) is 0 Å². The summed E-state index contributed by atoms with van der Waals surface area (Å²) in [4.78, 5) is 34.0. The van der Waals surface area contributed by atoms with E-state index in [4.69, 9.17) is 0 Å². The van der Waals surface area contributed by atoms with Gasteiger partial charge in [-0.3, -0.25) is 9.69 Å². The van der Waals surface area contributed by atoms with Crippen LogP contribution in [-0.4, -0.2) is 99.1 Å². The molecule has 2 saturated heterocycles. The summed E-state index contributed by atoms with van der Waals surface area (Å²) >= 11 is 0. The molecule has 2 aromatic carbocycles. The largest absolute Gasteiger partial charge is 0.367 e. The average molecular weight is 465 g/mol. The van der Waals surface area contributed by atoms with Crippen molar-refractivity contribution in [3.05, 3.63) is 60.2 Å². The molecule has 0 bridgehead atoms. The van der Waals surface area contributed by atoms with Crippen LogP contribution in [0.3, 0.4) is 0 Å². The number of anilines is 2. The van der Waals surface area contributed by atoms with E-state index in [9.17, 15) is 9.59 Å². The van der Waals surface area contributed by atoms with Crippen LogP contribution in [0.25, 0.3) is 0 Å². The van der Waals surface area contributed by atoms with E-state index in [0.717, 1.165) is 63.6 Å². The third-order valence-corrected chi connectivity index (χ3v) is 6.68. The molecule has 8 nitrogen and oxygen atoms in total. The number of rotatable bonds is 7. The molecule has 2 fully saturated rings. The molecule has 34 heavy (non-hydrogen) atoms. The Morgan fingerprint density at radius 3 is 2.24 bits per heavy atom. The molecule has 0 unspecified atom stereocenters. The summed E-state index contributed by atoms with van der Waals surface area (Å²) < 4.78 is 0. The maximum absolute atomic E-state index is 12.6. The van der Waals surface area contributed by atoms with Gasteiger partial charge in [0, 0.05) is 58.9 Å². The van der Waals surface area contributed by atoms with Crippen molar-refractivity contribution >= 4 is 23.3 Å². The first kappa shape index (κ1) is 24.0. The summed E-state index contributed by atoms with van der Waals surface area (Å²) in [5.41, 5.74) is 3.12. The number of piperazine rings is 2. The van der Waals surface area contributed by atoms with Gasteiger partial charge in [0.1, 0.15) is 0 Å². The van der Waals surface area contributed by atoms with Crippen molar-refractivity contribution in [2.75, 3.05) is 82.7 Å². The van der Waals surface area contributed by atoms with E-state index in [1.807, 2.05) is 35.2 Å². The van der Waals surface area contributed by atoms with Crippen LogP contribution in [0.5, 0.6) is 0 Å². The van der Waals surface area contributed by atoms with Gasteiger partial charge in [-0.1, -0.05) is 42.5 Å². The Morgan fingerprint density at radius 1 is 0.824 bits per heavy atom. The highest BCUT2D eigenvalue weighted by atomic mass is 16.2. The summed E-state index contributed by atoms with van der Waals surface area (Å²) in [7, 11) is 2.12. The van der Waals surface area contributed by atoms with Crippen molar-refractivity contribution < 1.29 is 9.59 Å². The molecule has 0 spiro atoms. The van der Waals surface area contributed by atoms with Crippen LogP contribution in [0.15, 0.2) is 54.6 Å². The lowest BCUT2D eigenvalue weighted by Gasteiger charge is -2.35. The van der Waals surface area contributed by atoms with Gasteiger partial charge in [0.2, 0.25) is 5.91 Å². The number of benzene rings is 2. The van der Waals surface area contributed by atoms with Crippen LogP contribution in [0.4, 0.5) is 16.2 Å². The van der Waals surface area contributed by atoms with Gasteiger partial charge in [0.15, 0.2) is 0 Å². The minimum absolute atomic E-state index is 0.00647. The number of hydrogen-bond donors (Lipinski definition) is 2. The fourth-order valence-electron chi connectivity index (χ4n) is 4.49. The van der Waals surface area contributed by atoms with Crippen LogP contribution in [0, 0.1) is 0 Å². The second kappa shape index (κ2) is 11.9. The molecule has 2 N–H and O–H groups in total. The molecule has 8 heteroatoms. The Balaban J connectivity index is 1.19. The maximum atomic E-state index is 12.6. The first-order valence-corrected chi connectivity index (χ1v) is 12.2. The number of likely N-dealkylation sites (N-methyl/N-ethyl adjacent to an activating group) is 1. The Labute approximate surface area is 202 Å². The molecular formula is C26H36N6O2. The lowest BCUT2D eigenvalue weighted by molar-refractivity contribution is -0.131. The highest BCUT2D eigenvalue weighted by Crippen LogP contribution is 2.26. The molecule has 0 atom stereocenters. The van der Waals surface area contributed by atoms with Gasteiger partial charge in [0.25, 0.3) is 0 Å². The van der Waals surface area contributed by atoms with Gasteiger partial charge in [-0.25, -0.2) is 4.79 Å². The van der Waals surface area contributed by atoms with Gasteiger partial charge in [0.05, 0.1) is 17.9 Å². The fourth-order valence-corrected chi connectivity index (χ4v) is 4.49. The van der Waals surface area contributed by atoms with Gasteiger partial charge >= 0.3 is 6.03 Å². The zero-order valence-electron chi connectivity index (χ0n) is 20.1. The smallest absolute Gasteiger partial charge is 0.319 e. The third kappa shape index (κ3) is 6.71. The zero-order chi connectivity index (χ0) is 23.8. The van der Waals surface area contributed by atoms with Gasteiger partial charge in [-0.15, -0.1) is 0 Å².